The molecule has 0 spiro atoms. The second-order valence-electron chi connectivity index (χ2n) is 5.95. The second-order valence-corrected chi connectivity index (χ2v) is 5.95. The Hall–Kier alpha value is -1.06. The lowest BCUT2D eigenvalue weighted by Gasteiger charge is -2.42. The molecule has 1 aliphatic rings. The first-order valence-corrected chi connectivity index (χ1v) is 7.57. The van der Waals surface area contributed by atoms with Crippen LogP contribution in [0.15, 0.2) is 0 Å². The van der Waals surface area contributed by atoms with Crippen LogP contribution in [0.5, 0.6) is 0 Å². The molecule has 1 heterocycles. The summed E-state index contributed by atoms with van der Waals surface area (Å²) in [5.41, 5.74) is -0.758. The van der Waals surface area contributed by atoms with E-state index in [1.54, 1.807) is 18.7 Å². The minimum absolute atomic E-state index is 0.0133. The van der Waals surface area contributed by atoms with Crippen LogP contribution in [-0.2, 0) is 9.59 Å². The highest BCUT2D eigenvalue weighted by Gasteiger charge is 2.43. The lowest BCUT2D eigenvalue weighted by atomic mass is 9.95. The zero-order chi connectivity index (χ0) is 14.5. The third-order valence-corrected chi connectivity index (χ3v) is 3.80. The number of carbonyl (C=O) groups is 2. The summed E-state index contributed by atoms with van der Waals surface area (Å²) in [6, 6.07) is -0.285. The molecule has 1 fully saturated rings. The number of carbonyl (C=O) groups excluding carboxylic acids is 2. The summed E-state index contributed by atoms with van der Waals surface area (Å²) in [7, 11) is 0. The first-order valence-electron chi connectivity index (χ1n) is 7.57. The second kappa shape index (κ2) is 6.92. The van der Waals surface area contributed by atoms with Gasteiger partial charge in [0, 0.05) is 6.54 Å². The SMILES string of the molecule is CCCCCCCN1C(=O)C(C)(C)NC(=O)C1CC. The quantitative estimate of drug-likeness (QED) is 0.721. The molecule has 1 saturated heterocycles. The smallest absolute Gasteiger partial charge is 0.248 e. The van der Waals surface area contributed by atoms with E-state index < -0.39 is 5.54 Å². The van der Waals surface area contributed by atoms with Gasteiger partial charge >= 0.3 is 0 Å². The van der Waals surface area contributed by atoms with Crippen molar-refractivity contribution in [3.63, 3.8) is 0 Å². The van der Waals surface area contributed by atoms with Crippen LogP contribution in [0.4, 0.5) is 0 Å². The van der Waals surface area contributed by atoms with Gasteiger partial charge in [0.15, 0.2) is 0 Å². The van der Waals surface area contributed by atoms with Crippen molar-refractivity contribution in [1.29, 1.82) is 0 Å². The van der Waals surface area contributed by atoms with Crippen molar-refractivity contribution in [2.45, 2.75) is 77.8 Å². The summed E-state index contributed by atoms with van der Waals surface area (Å²) in [6.45, 7) is 8.42. The first-order chi connectivity index (χ1) is 8.94. The molecule has 2 amide bonds. The minimum Gasteiger partial charge on any atom is -0.340 e. The number of hydrogen-bond donors (Lipinski definition) is 1. The fraction of sp³-hybridized carbons (Fsp3) is 0.867. The van der Waals surface area contributed by atoms with Crippen LogP contribution in [0.25, 0.3) is 0 Å². The maximum absolute atomic E-state index is 12.4. The number of nitrogens with zero attached hydrogens (tertiary/aromatic N) is 1. The molecule has 0 radical (unpaired) electrons. The van der Waals surface area contributed by atoms with Crippen molar-refractivity contribution in [3.05, 3.63) is 0 Å². The van der Waals surface area contributed by atoms with Gasteiger partial charge in [-0.15, -0.1) is 0 Å². The molecule has 0 aromatic rings. The highest BCUT2D eigenvalue weighted by Crippen LogP contribution is 2.20. The van der Waals surface area contributed by atoms with E-state index in [-0.39, 0.29) is 17.9 Å². The predicted octanol–water partition coefficient (Wildman–Crippen LogP) is 2.47. The van der Waals surface area contributed by atoms with Crippen LogP contribution in [0.2, 0.25) is 0 Å². The molecule has 1 rings (SSSR count). The van der Waals surface area contributed by atoms with Gasteiger partial charge in [-0.2, -0.15) is 0 Å². The van der Waals surface area contributed by atoms with Crippen LogP contribution >= 0.6 is 0 Å². The topological polar surface area (TPSA) is 49.4 Å². The number of rotatable bonds is 7. The van der Waals surface area contributed by atoms with E-state index in [4.69, 9.17) is 0 Å². The Morgan fingerprint density at radius 2 is 1.74 bits per heavy atom. The molecule has 0 aromatic carbocycles. The van der Waals surface area contributed by atoms with Crippen molar-refractivity contribution in [2.75, 3.05) is 6.54 Å². The van der Waals surface area contributed by atoms with E-state index in [0.29, 0.717) is 13.0 Å². The normalized spacial score (nSPS) is 22.5. The van der Waals surface area contributed by atoms with Crippen LogP contribution in [0.3, 0.4) is 0 Å². The molecule has 1 unspecified atom stereocenters. The Morgan fingerprint density at radius 1 is 1.11 bits per heavy atom. The van der Waals surface area contributed by atoms with Gasteiger partial charge in [0.25, 0.3) is 0 Å². The average molecular weight is 268 g/mol. The molecule has 0 aliphatic carbocycles. The van der Waals surface area contributed by atoms with Gasteiger partial charge in [-0.1, -0.05) is 39.5 Å². The van der Waals surface area contributed by atoms with Gasteiger partial charge < -0.3 is 10.2 Å². The van der Waals surface area contributed by atoms with Crippen LogP contribution in [0.1, 0.15) is 66.2 Å². The van der Waals surface area contributed by atoms with Crippen LogP contribution < -0.4 is 5.32 Å². The van der Waals surface area contributed by atoms with E-state index in [9.17, 15) is 9.59 Å². The number of amides is 2. The number of unbranched alkanes of at least 4 members (excludes halogenated alkanes) is 4. The van der Waals surface area contributed by atoms with Gasteiger partial charge in [0.2, 0.25) is 11.8 Å². The molecule has 4 nitrogen and oxygen atoms in total. The van der Waals surface area contributed by atoms with Crippen molar-refractivity contribution < 1.29 is 9.59 Å². The van der Waals surface area contributed by atoms with Crippen molar-refractivity contribution in [3.8, 4) is 0 Å². The molecular formula is C15H28N2O2. The van der Waals surface area contributed by atoms with E-state index in [0.717, 1.165) is 12.8 Å². The molecule has 4 heteroatoms. The lowest BCUT2D eigenvalue weighted by molar-refractivity contribution is -0.153. The molecule has 19 heavy (non-hydrogen) atoms. The average Bonchev–Trinajstić information content (AvgIpc) is 2.34. The van der Waals surface area contributed by atoms with E-state index in [1.165, 1.54) is 19.3 Å². The Morgan fingerprint density at radius 3 is 2.32 bits per heavy atom. The fourth-order valence-electron chi connectivity index (χ4n) is 2.64. The third-order valence-electron chi connectivity index (χ3n) is 3.80. The van der Waals surface area contributed by atoms with Crippen LogP contribution in [0, 0.1) is 0 Å². The highest BCUT2D eigenvalue weighted by atomic mass is 16.2. The summed E-state index contributed by atoms with van der Waals surface area (Å²) in [5.74, 6) is 0.0371. The van der Waals surface area contributed by atoms with Gasteiger partial charge in [0.1, 0.15) is 11.6 Å². The molecule has 1 aliphatic heterocycles. The van der Waals surface area contributed by atoms with Gasteiger partial charge in [-0.05, 0) is 26.7 Å². The van der Waals surface area contributed by atoms with E-state index in [2.05, 4.69) is 12.2 Å². The number of piperazine rings is 1. The Kier molecular flexibility index (Phi) is 5.83. The summed E-state index contributed by atoms with van der Waals surface area (Å²) in [4.78, 5) is 26.2. The molecule has 0 aromatic heterocycles. The van der Waals surface area contributed by atoms with Gasteiger partial charge in [-0.3, -0.25) is 9.59 Å². The molecule has 110 valence electrons. The van der Waals surface area contributed by atoms with Gasteiger partial charge in [-0.25, -0.2) is 0 Å². The first kappa shape index (κ1) is 16.0. The van der Waals surface area contributed by atoms with Crippen molar-refractivity contribution in [1.82, 2.24) is 10.2 Å². The van der Waals surface area contributed by atoms with Crippen LogP contribution in [-0.4, -0.2) is 34.8 Å². The summed E-state index contributed by atoms with van der Waals surface area (Å²) in [6.07, 6.45) is 6.49. The number of nitrogens with one attached hydrogen (secondary N) is 1. The largest absolute Gasteiger partial charge is 0.340 e. The number of hydrogen-bond acceptors (Lipinski definition) is 2. The summed E-state index contributed by atoms with van der Waals surface area (Å²) >= 11 is 0. The minimum atomic E-state index is -0.758. The third kappa shape index (κ3) is 3.95. The molecule has 0 saturated carbocycles. The summed E-state index contributed by atoms with van der Waals surface area (Å²) in [5, 5.41) is 2.82. The maximum atomic E-state index is 12.4. The zero-order valence-corrected chi connectivity index (χ0v) is 12.8. The zero-order valence-electron chi connectivity index (χ0n) is 12.8. The monoisotopic (exact) mass is 268 g/mol. The summed E-state index contributed by atoms with van der Waals surface area (Å²) < 4.78 is 0. The maximum Gasteiger partial charge on any atom is 0.248 e. The Balaban J connectivity index is 2.59. The lowest BCUT2D eigenvalue weighted by Crippen LogP contribution is -2.68. The Bertz CT molecular complexity index is 326. The fourth-order valence-corrected chi connectivity index (χ4v) is 2.64. The van der Waals surface area contributed by atoms with Crippen molar-refractivity contribution in [2.24, 2.45) is 0 Å². The Labute approximate surface area is 116 Å². The van der Waals surface area contributed by atoms with Crippen molar-refractivity contribution >= 4 is 11.8 Å². The molecule has 1 N–H and O–H groups in total. The van der Waals surface area contributed by atoms with E-state index in [1.807, 2.05) is 6.92 Å². The molecular weight excluding hydrogens is 240 g/mol. The standard InChI is InChI=1S/C15H28N2O2/c1-5-7-8-9-10-11-17-12(6-2)13(18)16-15(3,4)14(17)19/h12H,5-11H2,1-4H3,(H,16,18). The molecule has 1 atom stereocenters. The molecule has 0 bridgehead atoms. The van der Waals surface area contributed by atoms with Gasteiger partial charge in [0.05, 0.1) is 0 Å². The highest BCUT2D eigenvalue weighted by molar-refractivity contribution is 5.99. The predicted molar refractivity (Wildman–Crippen MR) is 76.8 cm³/mol. The van der Waals surface area contributed by atoms with E-state index >= 15 is 0 Å².